The fourth-order valence-corrected chi connectivity index (χ4v) is 5.99. The highest BCUT2D eigenvalue weighted by Crippen LogP contribution is 2.41. The lowest BCUT2D eigenvalue weighted by Crippen LogP contribution is -2.23. The van der Waals surface area contributed by atoms with Crippen LogP contribution < -0.4 is 0 Å². The van der Waals surface area contributed by atoms with E-state index in [1.54, 1.807) is 11.6 Å². The molecule has 174 valence electrons. The largest absolute Gasteiger partial charge is 0.207 e. The molecule has 0 heterocycles. The summed E-state index contributed by atoms with van der Waals surface area (Å²) >= 11 is 0. The average molecular weight is 427 g/mol. The van der Waals surface area contributed by atoms with Crippen LogP contribution in [-0.4, -0.2) is 0 Å². The lowest BCUT2D eigenvalue weighted by atomic mass is 9.70. The van der Waals surface area contributed by atoms with Gasteiger partial charge in [0, 0.05) is 0 Å². The van der Waals surface area contributed by atoms with Gasteiger partial charge in [0.25, 0.3) is 0 Å². The van der Waals surface area contributed by atoms with Gasteiger partial charge in [0.05, 0.1) is 0 Å². The quantitative estimate of drug-likeness (QED) is 0.230. The van der Waals surface area contributed by atoms with E-state index >= 15 is 0 Å². The molecule has 2 aliphatic rings. The molecule has 1 saturated carbocycles. The zero-order valence-electron chi connectivity index (χ0n) is 20.4. The van der Waals surface area contributed by atoms with E-state index in [0.29, 0.717) is 0 Å². The molecule has 0 N–H and O–H groups in total. The summed E-state index contributed by atoms with van der Waals surface area (Å²) in [6, 6.07) is 5.96. The van der Waals surface area contributed by atoms with Crippen LogP contribution in [0.15, 0.2) is 29.8 Å². The fraction of sp³-hybridized carbons (Fsp3) is 0.733. The summed E-state index contributed by atoms with van der Waals surface area (Å²) in [5.74, 6) is 2.94. The average Bonchev–Trinajstić information content (AvgIpc) is 2.81. The zero-order valence-corrected chi connectivity index (χ0v) is 20.4. The van der Waals surface area contributed by atoms with Gasteiger partial charge in [-0.1, -0.05) is 89.0 Å². The fourth-order valence-electron chi connectivity index (χ4n) is 5.99. The van der Waals surface area contributed by atoms with Gasteiger partial charge >= 0.3 is 0 Å². The summed E-state index contributed by atoms with van der Waals surface area (Å²) in [6.45, 7) is 4.47. The van der Waals surface area contributed by atoms with Crippen molar-refractivity contribution in [1.82, 2.24) is 0 Å². The minimum atomic E-state index is 0.00426. The van der Waals surface area contributed by atoms with Crippen molar-refractivity contribution in [1.29, 1.82) is 0 Å². The molecule has 0 bridgehead atoms. The van der Waals surface area contributed by atoms with Crippen LogP contribution in [0.1, 0.15) is 121 Å². The van der Waals surface area contributed by atoms with E-state index in [-0.39, 0.29) is 5.82 Å². The van der Waals surface area contributed by atoms with Crippen molar-refractivity contribution in [3.05, 3.63) is 46.8 Å². The molecule has 0 amide bonds. The third kappa shape index (κ3) is 8.07. The first-order chi connectivity index (χ1) is 15.2. The minimum Gasteiger partial charge on any atom is -0.207 e. The van der Waals surface area contributed by atoms with Crippen LogP contribution in [0.3, 0.4) is 0 Å². The maximum absolute atomic E-state index is 14.3. The van der Waals surface area contributed by atoms with Crippen molar-refractivity contribution < 1.29 is 4.39 Å². The van der Waals surface area contributed by atoms with Gasteiger partial charge in [0.2, 0.25) is 0 Å². The highest BCUT2D eigenvalue weighted by atomic mass is 19.1. The Bertz CT molecular complexity index is 665. The first-order valence-corrected chi connectivity index (χ1v) is 13.6. The van der Waals surface area contributed by atoms with Gasteiger partial charge in [-0.25, -0.2) is 4.39 Å². The Morgan fingerprint density at radius 3 is 2.29 bits per heavy atom. The number of unbranched alkanes of at least 4 members (excludes halogenated alkanes) is 4. The molecule has 1 unspecified atom stereocenters. The molecule has 0 spiro atoms. The van der Waals surface area contributed by atoms with E-state index in [0.717, 1.165) is 61.0 Å². The van der Waals surface area contributed by atoms with E-state index in [4.69, 9.17) is 0 Å². The smallest absolute Gasteiger partial charge is 0.126 e. The molecule has 2 aliphatic carbocycles. The highest BCUT2D eigenvalue weighted by molar-refractivity contribution is 5.25. The monoisotopic (exact) mass is 426 g/mol. The summed E-state index contributed by atoms with van der Waals surface area (Å²) < 4.78 is 14.3. The lowest BCUT2D eigenvalue weighted by molar-refractivity contribution is 0.185. The Labute approximate surface area is 192 Å². The van der Waals surface area contributed by atoms with Gasteiger partial charge in [0.1, 0.15) is 5.82 Å². The first kappa shape index (κ1) is 24.5. The summed E-state index contributed by atoms with van der Waals surface area (Å²) in [6.07, 6.45) is 24.8. The number of halogens is 1. The number of hydrogen-bond donors (Lipinski definition) is 0. The number of benzene rings is 1. The molecular weight excluding hydrogens is 379 g/mol. The van der Waals surface area contributed by atoms with Gasteiger partial charge in [-0.15, -0.1) is 0 Å². The molecule has 31 heavy (non-hydrogen) atoms. The third-order valence-electron chi connectivity index (χ3n) is 8.22. The predicted molar refractivity (Wildman–Crippen MR) is 133 cm³/mol. The third-order valence-corrected chi connectivity index (χ3v) is 8.22. The molecule has 1 heteroatoms. The van der Waals surface area contributed by atoms with Gasteiger partial charge < -0.3 is 0 Å². The molecule has 0 saturated heterocycles. The summed E-state index contributed by atoms with van der Waals surface area (Å²) in [5.41, 5.74) is 3.68. The van der Waals surface area contributed by atoms with Gasteiger partial charge in [-0.3, -0.25) is 0 Å². The number of allylic oxidation sites excluding steroid dienone is 2. The molecule has 1 aromatic carbocycles. The van der Waals surface area contributed by atoms with Crippen LogP contribution in [-0.2, 0) is 12.8 Å². The number of rotatable bonds is 12. The first-order valence-electron chi connectivity index (χ1n) is 13.6. The Morgan fingerprint density at radius 2 is 1.61 bits per heavy atom. The summed E-state index contributed by atoms with van der Waals surface area (Å²) in [7, 11) is 0. The van der Waals surface area contributed by atoms with E-state index in [9.17, 15) is 4.39 Å². The van der Waals surface area contributed by atoms with Crippen LogP contribution in [0.4, 0.5) is 4.39 Å². The Hall–Kier alpha value is -1.11. The van der Waals surface area contributed by atoms with Crippen molar-refractivity contribution in [2.75, 3.05) is 0 Å². The van der Waals surface area contributed by atoms with E-state index < -0.39 is 0 Å². The number of hydrogen-bond acceptors (Lipinski definition) is 0. The molecule has 1 atom stereocenters. The molecule has 1 fully saturated rings. The number of aryl methyl sites for hydroxylation is 2. The second-order valence-corrected chi connectivity index (χ2v) is 10.6. The zero-order chi connectivity index (χ0) is 21.9. The van der Waals surface area contributed by atoms with Crippen molar-refractivity contribution in [3.63, 3.8) is 0 Å². The van der Waals surface area contributed by atoms with E-state index in [1.807, 2.05) is 6.07 Å². The summed E-state index contributed by atoms with van der Waals surface area (Å²) in [5, 5.41) is 0. The predicted octanol–water partition coefficient (Wildman–Crippen LogP) is 9.60. The topological polar surface area (TPSA) is 0 Å². The molecule has 0 aliphatic heterocycles. The van der Waals surface area contributed by atoms with Gasteiger partial charge in [-0.05, 0) is 92.7 Å². The highest BCUT2D eigenvalue weighted by Gasteiger charge is 2.28. The second-order valence-electron chi connectivity index (χ2n) is 10.6. The minimum absolute atomic E-state index is 0.00426. The molecule has 0 nitrogen and oxygen atoms in total. The van der Waals surface area contributed by atoms with Crippen molar-refractivity contribution in [2.24, 2.45) is 17.8 Å². The normalized spacial score (nSPS) is 24.2. The molecular formula is C30H47F. The van der Waals surface area contributed by atoms with Crippen LogP contribution >= 0.6 is 0 Å². The van der Waals surface area contributed by atoms with E-state index in [1.165, 1.54) is 77.0 Å². The molecule has 3 rings (SSSR count). The van der Waals surface area contributed by atoms with Gasteiger partial charge in [-0.2, -0.15) is 0 Å². The molecule has 0 radical (unpaired) electrons. The maximum Gasteiger partial charge on any atom is 0.126 e. The standard InChI is InChI=1S/C30H47F/c1-3-5-7-8-9-24-13-18-27(19-14-24)28-20-15-25(16-21-28)11-12-26-17-22-29(10-6-4-2)30(31)23-26/h15,17,22-24,27-28H,3-14,16,18-21H2,1-2H3/t24-,27-,28?. The SMILES string of the molecule is CCCCCC[C@H]1CC[C@H](C2CC=C(CCc3ccc(CCCC)c(F)c3)CC2)CC1. The van der Waals surface area contributed by atoms with Crippen LogP contribution in [0.2, 0.25) is 0 Å². The van der Waals surface area contributed by atoms with E-state index in [2.05, 4.69) is 26.0 Å². The van der Waals surface area contributed by atoms with Crippen molar-refractivity contribution in [3.8, 4) is 0 Å². The van der Waals surface area contributed by atoms with Crippen LogP contribution in [0.5, 0.6) is 0 Å². The van der Waals surface area contributed by atoms with Crippen molar-refractivity contribution in [2.45, 2.75) is 123 Å². The van der Waals surface area contributed by atoms with Crippen molar-refractivity contribution >= 4 is 0 Å². The molecule has 0 aromatic heterocycles. The van der Waals surface area contributed by atoms with Crippen LogP contribution in [0, 0.1) is 23.6 Å². The molecule has 1 aromatic rings. The maximum atomic E-state index is 14.3. The second kappa shape index (κ2) is 13.4. The van der Waals surface area contributed by atoms with Gasteiger partial charge in [0.15, 0.2) is 0 Å². The Kier molecular flexibility index (Phi) is 10.6. The lowest BCUT2D eigenvalue weighted by Gasteiger charge is -2.35. The Balaban J connectivity index is 1.36. The summed E-state index contributed by atoms with van der Waals surface area (Å²) in [4.78, 5) is 0. The van der Waals surface area contributed by atoms with Crippen LogP contribution in [0.25, 0.3) is 0 Å². The Morgan fingerprint density at radius 1 is 0.806 bits per heavy atom.